The Morgan fingerprint density at radius 2 is 2.23 bits per heavy atom. The van der Waals surface area contributed by atoms with E-state index >= 15 is 0 Å². The largest absolute Gasteiger partial charge is 0.419 e. The number of nitrogens with zero attached hydrogens (tertiary/aromatic N) is 1. The topological polar surface area (TPSA) is 76.3 Å². The maximum atomic E-state index is 12.0. The lowest BCUT2D eigenvalue weighted by molar-refractivity contribution is -0.122. The number of amides is 1. The van der Waals surface area contributed by atoms with Gasteiger partial charge in [-0.25, -0.2) is 4.79 Å². The molecule has 7 heteroatoms. The lowest BCUT2D eigenvalue weighted by atomic mass is 10.1. The number of nitrogens with one attached hydrogen (secondary N) is 2. The highest BCUT2D eigenvalue weighted by Crippen LogP contribution is 2.12. The first-order chi connectivity index (χ1) is 10.2. The molecular weight excluding hydrogens is 306 g/mol. The molecule has 1 aliphatic heterocycles. The van der Waals surface area contributed by atoms with Gasteiger partial charge in [0.1, 0.15) is 0 Å². The summed E-state index contributed by atoms with van der Waals surface area (Å²) >= 11 is 0. The summed E-state index contributed by atoms with van der Waals surface area (Å²) in [4.78, 5) is 23.8. The number of carbonyl (C=O) groups is 1. The van der Waals surface area contributed by atoms with Crippen LogP contribution in [-0.4, -0.2) is 29.6 Å². The number of rotatable bonds is 4. The first-order valence-electron chi connectivity index (χ1n) is 7.32. The third-order valence-electron chi connectivity index (χ3n) is 3.80. The van der Waals surface area contributed by atoms with Gasteiger partial charge in [-0.05, 0) is 31.5 Å². The zero-order valence-corrected chi connectivity index (χ0v) is 13.0. The number of piperidine rings is 1. The van der Waals surface area contributed by atoms with Crippen LogP contribution in [-0.2, 0) is 11.3 Å². The van der Waals surface area contributed by atoms with Gasteiger partial charge in [0.15, 0.2) is 5.58 Å². The van der Waals surface area contributed by atoms with Crippen molar-refractivity contribution in [3.8, 4) is 0 Å². The number of aromatic nitrogens is 1. The molecule has 0 spiro atoms. The molecule has 120 valence electrons. The fourth-order valence-corrected chi connectivity index (χ4v) is 2.71. The summed E-state index contributed by atoms with van der Waals surface area (Å²) < 4.78 is 6.65. The molecule has 22 heavy (non-hydrogen) atoms. The molecule has 1 saturated heterocycles. The summed E-state index contributed by atoms with van der Waals surface area (Å²) in [5.41, 5.74) is 1.29. The number of aryl methyl sites for hydroxylation is 1. The molecule has 1 aromatic heterocycles. The molecule has 0 saturated carbocycles. The highest BCUT2D eigenvalue weighted by molar-refractivity contribution is 5.85. The average Bonchev–Trinajstić information content (AvgIpc) is 2.81. The molecule has 1 aromatic carbocycles. The van der Waals surface area contributed by atoms with Gasteiger partial charge < -0.3 is 15.1 Å². The molecule has 2 N–H and O–H groups in total. The van der Waals surface area contributed by atoms with E-state index in [1.165, 1.54) is 4.57 Å². The van der Waals surface area contributed by atoms with Crippen LogP contribution in [0.15, 0.2) is 33.5 Å². The highest BCUT2D eigenvalue weighted by Gasteiger charge is 2.16. The van der Waals surface area contributed by atoms with Gasteiger partial charge in [0.25, 0.3) is 0 Å². The summed E-state index contributed by atoms with van der Waals surface area (Å²) in [6.07, 6.45) is 2.37. The number of para-hydroxylation sites is 2. The number of halogens is 1. The van der Waals surface area contributed by atoms with Gasteiger partial charge in [-0.3, -0.25) is 9.36 Å². The SMILES string of the molecule is Cl.O=C(CCn1c(=O)oc2ccccc21)N[C@H]1CCCNC1. The molecule has 1 aliphatic rings. The number of hydrogen-bond acceptors (Lipinski definition) is 4. The van der Waals surface area contributed by atoms with Crippen LogP contribution in [0.1, 0.15) is 19.3 Å². The van der Waals surface area contributed by atoms with Crippen LogP contribution >= 0.6 is 12.4 Å². The Morgan fingerprint density at radius 1 is 1.41 bits per heavy atom. The smallest absolute Gasteiger partial charge is 0.408 e. The van der Waals surface area contributed by atoms with Crippen molar-refractivity contribution >= 4 is 29.4 Å². The van der Waals surface area contributed by atoms with Gasteiger partial charge in [0, 0.05) is 25.6 Å². The Labute approximate surface area is 134 Å². The van der Waals surface area contributed by atoms with Crippen LogP contribution in [0.25, 0.3) is 11.1 Å². The minimum absolute atomic E-state index is 0. The highest BCUT2D eigenvalue weighted by atomic mass is 35.5. The van der Waals surface area contributed by atoms with Crippen molar-refractivity contribution in [2.24, 2.45) is 0 Å². The lowest BCUT2D eigenvalue weighted by Crippen LogP contribution is -2.45. The van der Waals surface area contributed by atoms with Gasteiger partial charge in [-0.15, -0.1) is 12.4 Å². The zero-order valence-electron chi connectivity index (χ0n) is 12.2. The van der Waals surface area contributed by atoms with E-state index in [4.69, 9.17) is 4.42 Å². The Balaban J connectivity index is 0.00000176. The van der Waals surface area contributed by atoms with Gasteiger partial charge >= 0.3 is 5.76 Å². The summed E-state index contributed by atoms with van der Waals surface area (Å²) in [6.45, 7) is 2.17. The molecule has 1 atom stereocenters. The van der Waals surface area contributed by atoms with E-state index in [1.807, 2.05) is 18.2 Å². The van der Waals surface area contributed by atoms with Crippen LogP contribution in [0.5, 0.6) is 0 Å². The average molecular weight is 326 g/mol. The van der Waals surface area contributed by atoms with Crippen molar-refractivity contribution < 1.29 is 9.21 Å². The Hall–Kier alpha value is -1.79. The van der Waals surface area contributed by atoms with E-state index in [0.717, 1.165) is 31.4 Å². The monoisotopic (exact) mass is 325 g/mol. The minimum Gasteiger partial charge on any atom is -0.408 e. The van der Waals surface area contributed by atoms with Crippen LogP contribution in [0, 0.1) is 0 Å². The molecule has 0 aliphatic carbocycles. The van der Waals surface area contributed by atoms with E-state index in [2.05, 4.69) is 10.6 Å². The molecule has 6 nitrogen and oxygen atoms in total. The predicted octanol–water partition coefficient (Wildman–Crippen LogP) is 1.27. The lowest BCUT2D eigenvalue weighted by Gasteiger charge is -2.23. The first kappa shape index (κ1) is 16.6. The van der Waals surface area contributed by atoms with E-state index < -0.39 is 5.76 Å². The van der Waals surface area contributed by atoms with Gasteiger partial charge in [-0.1, -0.05) is 12.1 Å². The minimum atomic E-state index is -0.414. The maximum absolute atomic E-state index is 12.0. The van der Waals surface area contributed by atoms with E-state index in [0.29, 0.717) is 12.1 Å². The Bertz CT molecular complexity index is 689. The molecule has 0 radical (unpaired) electrons. The molecule has 3 rings (SSSR count). The van der Waals surface area contributed by atoms with Gasteiger partial charge in [0.05, 0.1) is 5.52 Å². The zero-order chi connectivity index (χ0) is 14.7. The normalized spacial score (nSPS) is 17.9. The van der Waals surface area contributed by atoms with E-state index in [1.54, 1.807) is 6.07 Å². The second-order valence-corrected chi connectivity index (χ2v) is 5.35. The van der Waals surface area contributed by atoms with Gasteiger partial charge in [-0.2, -0.15) is 0 Å². The van der Waals surface area contributed by atoms with Crippen LogP contribution in [0.3, 0.4) is 0 Å². The fourth-order valence-electron chi connectivity index (χ4n) is 2.71. The number of hydrogen-bond donors (Lipinski definition) is 2. The quantitative estimate of drug-likeness (QED) is 0.887. The number of oxazole rings is 1. The second kappa shape index (κ2) is 7.47. The molecule has 2 aromatic rings. The van der Waals surface area contributed by atoms with Crippen LogP contribution in [0.4, 0.5) is 0 Å². The van der Waals surface area contributed by atoms with E-state index in [9.17, 15) is 9.59 Å². The summed E-state index contributed by atoms with van der Waals surface area (Å²) in [7, 11) is 0. The Morgan fingerprint density at radius 3 is 3.00 bits per heavy atom. The number of benzene rings is 1. The summed E-state index contributed by atoms with van der Waals surface area (Å²) in [6, 6.07) is 7.44. The summed E-state index contributed by atoms with van der Waals surface area (Å²) in [5.74, 6) is -0.441. The molecule has 0 unspecified atom stereocenters. The van der Waals surface area contributed by atoms with E-state index in [-0.39, 0.29) is 30.8 Å². The molecule has 1 amide bonds. The first-order valence-corrected chi connectivity index (χ1v) is 7.32. The van der Waals surface area contributed by atoms with Gasteiger partial charge in [0.2, 0.25) is 5.91 Å². The molecule has 2 heterocycles. The van der Waals surface area contributed by atoms with Crippen LogP contribution in [0.2, 0.25) is 0 Å². The fraction of sp³-hybridized carbons (Fsp3) is 0.467. The van der Waals surface area contributed by atoms with Crippen molar-refractivity contribution in [1.29, 1.82) is 0 Å². The van der Waals surface area contributed by atoms with Crippen molar-refractivity contribution in [3.05, 3.63) is 34.8 Å². The van der Waals surface area contributed by atoms with Crippen LogP contribution < -0.4 is 16.4 Å². The molecule has 1 fully saturated rings. The third kappa shape index (κ3) is 3.69. The molecular formula is C15H20ClN3O3. The van der Waals surface area contributed by atoms with Crippen molar-refractivity contribution in [2.75, 3.05) is 13.1 Å². The Kier molecular flexibility index (Phi) is 5.63. The number of fused-ring (bicyclic) bond motifs is 1. The third-order valence-corrected chi connectivity index (χ3v) is 3.80. The summed E-state index contributed by atoms with van der Waals surface area (Å²) in [5, 5.41) is 6.26. The molecule has 0 bridgehead atoms. The standard InChI is InChI=1S/C15H19N3O3.ClH/c19-14(17-11-4-3-8-16-10-11)7-9-18-12-5-1-2-6-13(12)21-15(18)20;/h1-2,5-6,11,16H,3-4,7-10H2,(H,17,19);1H/t11-;/m0./s1. The maximum Gasteiger partial charge on any atom is 0.419 e. The second-order valence-electron chi connectivity index (χ2n) is 5.35. The van der Waals surface area contributed by atoms with Crippen molar-refractivity contribution in [3.63, 3.8) is 0 Å². The van der Waals surface area contributed by atoms with Crippen molar-refractivity contribution in [2.45, 2.75) is 31.8 Å². The number of carbonyl (C=O) groups excluding carboxylic acids is 1. The predicted molar refractivity (Wildman–Crippen MR) is 86.4 cm³/mol. The van der Waals surface area contributed by atoms with Crippen molar-refractivity contribution in [1.82, 2.24) is 15.2 Å².